The Morgan fingerprint density at radius 1 is 1.00 bits per heavy atom. The van der Waals surface area contributed by atoms with Crippen molar-refractivity contribution in [2.75, 3.05) is 0 Å². The molecule has 0 radical (unpaired) electrons. The number of fused-ring (bicyclic) bond motifs is 3. The second-order valence-electron chi connectivity index (χ2n) is 10.4. The van der Waals surface area contributed by atoms with Crippen LogP contribution in [0.4, 0.5) is 10.1 Å². The molecule has 0 saturated carbocycles. The average Bonchev–Trinajstić information content (AvgIpc) is 3.33. The van der Waals surface area contributed by atoms with Gasteiger partial charge in [-0.3, -0.25) is 19.5 Å². The number of hydrogen-bond acceptors (Lipinski definition) is 6. The number of aryl methyl sites for hydroxylation is 1. The lowest BCUT2D eigenvalue weighted by molar-refractivity contribution is -0.384. The Labute approximate surface area is 249 Å². The Morgan fingerprint density at radius 2 is 1.79 bits per heavy atom. The highest BCUT2D eigenvalue weighted by Gasteiger charge is 2.32. The van der Waals surface area contributed by atoms with Crippen LogP contribution in [-0.4, -0.2) is 9.49 Å². The van der Waals surface area contributed by atoms with Crippen molar-refractivity contribution >= 4 is 28.8 Å². The molecule has 0 saturated heterocycles. The fraction of sp³-hybridized carbons (Fsp3) is 0.118. The van der Waals surface area contributed by atoms with E-state index in [0.29, 0.717) is 15.1 Å². The molecule has 0 spiro atoms. The van der Waals surface area contributed by atoms with Crippen LogP contribution in [0.3, 0.4) is 0 Å². The number of ether oxygens (including phenoxy) is 1. The Balaban J connectivity index is 1.27. The van der Waals surface area contributed by atoms with E-state index in [-0.39, 0.29) is 29.7 Å². The third-order valence-corrected chi connectivity index (χ3v) is 8.75. The van der Waals surface area contributed by atoms with Crippen molar-refractivity contribution in [3.05, 3.63) is 166 Å². The summed E-state index contributed by atoms with van der Waals surface area (Å²) >= 11 is 1.33. The fourth-order valence-corrected chi connectivity index (χ4v) is 6.69. The minimum atomic E-state index is -0.436. The molecule has 0 bridgehead atoms. The van der Waals surface area contributed by atoms with E-state index in [1.165, 1.54) is 41.2 Å². The maximum atomic E-state index is 14.0. The van der Waals surface area contributed by atoms with Gasteiger partial charge in [-0.05, 0) is 83.1 Å². The van der Waals surface area contributed by atoms with Crippen molar-refractivity contribution in [2.45, 2.75) is 25.5 Å². The molecule has 4 aromatic carbocycles. The lowest BCUT2D eigenvalue weighted by Gasteiger charge is -2.30. The van der Waals surface area contributed by atoms with Gasteiger partial charge in [0.2, 0.25) is 0 Å². The molecule has 0 amide bonds. The van der Waals surface area contributed by atoms with Crippen LogP contribution in [0.25, 0.3) is 11.8 Å². The highest BCUT2D eigenvalue weighted by Crippen LogP contribution is 2.41. The largest absolute Gasteiger partial charge is 0.489 e. The van der Waals surface area contributed by atoms with Gasteiger partial charge in [0.1, 0.15) is 18.2 Å². The second kappa shape index (κ2) is 10.9. The molecule has 2 aliphatic rings. The maximum absolute atomic E-state index is 14.0. The van der Waals surface area contributed by atoms with Gasteiger partial charge < -0.3 is 4.74 Å². The first kappa shape index (κ1) is 26.7. The second-order valence-corrected chi connectivity index (χ2v) is 11.5. The van der Waals surface area contributed by atoms with Gasteiger partial charge >= 0.3 is 0 Å². The van der Waals surface area contributed by atoms with E-state index in [1.54, 1.807) is 28.8 Å². The van der Waals surface area contributed by atoms with E-state index in [1.807, 2.05) is 42.5 Å². The number of benzene rings is 4. The Hall–Kier alpha value is -5.15. The molecule has 0 fully saturated rings. The standard InChI is InChI=1S/C34H24FN3O4S/c35-25-13-10-24(11-14-25)32-29-17-12-23-5-1-2-7-28(23)31(29)36-34-37(32)33(39)30(43-34)19-22-4-3-6-27(18-22)42-20-21-8-15-26(16-9-21)38(40)41/h1-11,13-16,18-19,32H,12,17,20H2/b30-19+/t32-/m1/s1. The summed E-state index contributed by atoms with van der Waals surface area (Å²) in [7, 11) is 0. The number of non-ortho nitro benzene ring substituents is 1. The molecule has 43 heavy (non-hydrogen) atoms. The van der Waals surface area contributed by atoms with Gasteiger partial charge in [-0.1, -0.05) is 59.9 Å². The molecule has 5 aromatic rings. The molecule has 1 atom stereocenters. The van der Waals surface area contributed by atoms with Gasteiger partial charge in [0.15, 0.2) is 4.80 Å². The first-order valence-electron chi connectivity index (χ1n) is 13.8. The summed E-state index contributed by atoms with van der Waals surface area (Å²) in [5, 5.41) is 10.9. The van der Waals surface area contributed by atoms with E-state index in [4.69, 9.17) is 9.73 Å². The first-order chi connectivity index (χ1) is 20.9. The first-order valence-corrected chi connectivity index (χ1v) is 14.6. The maximum Gasteiger partial charge on any atom is 0.271 e. The smallest absolute Gasteiger partial charge is 0.271 e. The molecule has 0 N–H and O–H groups in total. The zero-order chi connectivity index (χ0) is 29.5. The minimum absolute atomic E-state index is 0.0268. The zero-order valence-electron chi connectivity index (χ0n) is 22.8. The van der Waals surface area contributed by atoms with Crippen molar-refractivity contribution in [1.29, 1.82) is 0 Å². The van der Waals surface area contributed by atoms with Gasteiger partial charge in [-0.2, -0.15) is 0 Å². The van der Waals surface area contributed by atoms with Crippen molar-refractivity contribution in [1.82, 2.24) is 4.57 Å². The number of rotatable bonds is 6. The summed E-state index contributed by atoms with van der Waals surface area (Å²) in [6.07, 6.45) is 3.44. The number of nitrogens with zero attached hydrogens (tertiary/aromatic N) is 3. The Kier molecular flexibility index (Phi) is 6.79. The molecule has 7 nitrogen and oxygen atoms in total. The van der Waals surface area contributed by atoms with Crippen molar-refractivity contribution in [3.8, 4) is 5.75 Å². The lowest BCUT2D eigenvalue weighted by atomic mass is 9.83. The lowest BCUT2D eigenvalue weighted by Crippen LogP contribution is -2.38. The summed E-state index contributed by atoms with van der Waals surface area (Å²) in [5.41, 5.74) is 6.57. The SMILES string of the molecule is O=c1/c(=C\c2cccc(OCc3ccc([N+](=O)[O-])cc3)c2)sc2n1[C@H](c1ccc(F)cc1)C1=C(N=2)c2ccccc2CC1. The van der Waals surface area contributed by atoms with Crippen LogP contribution in [-0.2, 0) is 13.0 Å². The third-order valence-electron chi connectivity index (χ3n) is 7.77. The molecule has 1 aliphatic heterocycles. The van der Waals surface area contributed by atoms with Crippen LogP contribution in [0.5, 0.6) is 5.75 Å². The topological polar surface area (TPSA) is 86.7 Å². The summed E-state index contributed by atoms with van der Waals surface area (Å²) in [5.74, 6) is 0.283. The number of halogens is 1. The van der Waals surface area contributed by atoms with Crippen molar-refractivity contribution in [2.24, 2.45) is 4.99 Å². The summed E-state index contributed by atoms with van der Waals surface area (Å²) < 4.78 is 22.1. The summed E-state index contributed by atoms with van der Waals surface area (Å²) in [4.78, 5) is 30.1. The predicted octanol–water partition coefficient (Wildman–Crippen LogP) is 5.95. The highest BCUT2D eigenvalue weighted by atomic mass is 32.1. The van der Waals surface area contributed by atoms with Gasteiger partial charge in [-0.25, -0.2) is 9.38 Å². The summed E-state index contributed by atoms with van der Waals surface area (Å²) in [6, 6.07) is 27.9. The van der Waals surface area contributed by atoms with Crippen LogP contribution >= 0.6 is 11.3 Å². The average molecular weight is 590 g/mol. The Morgan fingerprint density at radius 3 is 2.58 bits per heavy atom. The number of nitro benzene ring substituents is 1. The van der Waals surface area contributed by atoms with E-state index < -0.39 is 4.92 Å². The number of nitro groups is 1. The van der Waals surface area contributed by atoms with Gasteiger partial charge in [0, 0.05) is 17.7 Å². The third kappa shape index (κ3) is 5.08. The number of aromatic nitrogens is 1. The highest BCUT2D eigenvalue weighted by molar-refractivity contribution is 7.07. The van der Waals surface area contributed by atoms with Gasteiger partial charge in [0.25, 0.3) is 11.2 Å². The molecule has 1 aromatic heterocycles. The molecular weight excluding hydrogens is 565 g/mol. The quantitative estimate of drug-likeness (QED) is 0.181. The van der Waals surface area contributed by atoms with Crippen molar-refractivity contribution < 1.29 is 14.1 Å². The molecule has 0 unspecified atom stereocenters. The van der Waals surface area contributed by atoms with Gasteiger partial charge in [-0.15, -0.1) is 0 Å². The minimum Gasteiger partial charge on any atom is -0.489 e. The molecule has 2 heterocycles. The molecule has 9 heteroatoms. The Bertz CT molecular complexity index is 2100. The molecule has 7 rings (SSSR count). The van der Waals surface area contributed by atoms with E-state index in [9.17, 15) is 19.3 Å². The number of allylic oxidation sites excluding steroid dienone is 1. The summed E-state index contributed by atoms with van der Waals surface area (Å²) in [6.45, 7) is 0.244. The molecule has 1 aliphatic carbocycles. The van der Waals surface area contributed by atoms with E-state index in [2.05, 4.69) is 12.1 Å². The van der Waals surface area contributed by atoms with Gasteiger partial charge in [0.05, 0.1) is 21.2 Å². The van der Waals surface area contributed by atoms with Crippen molar-refractivity contribution in [3.63, 3.8) is 0 Å². The van der Waals surface area contributed by atoms with Crippen LogP contribution in [0.15, 0.2) is 112 Å². The fourth-order valence-electron chi connectivity index (χ4n) is 5.69. The van der Waals surface area contributed by atoms with E-state index in [0.717, 1.165) is 46.4 Å². The van der Waals surface area contributed by atoms with Crippen LogP contribution in [0.2, 0.25) is 0 Å². The molecule has 212 valence electrons. The van der Waals surface area contributed by atoms with Crippen LogP contribution in [0, 0.1) is 15.9 Å². The van der Waals surface area contributed by atoms with Crippen LogP contribution < -0.4 is 19.6 Å². The number of thiazole rings is 1. The normalized spacial score (nSPS) is 15.7. The predicted molar refractivity (Wildman–Crippen MR) is 163 cm³/mol. The monoisotopic (exact) mass is 589 g/mol. The van der Waals surface area contributed by atoms with Crippen LogP contribution in [0.1, 0.15) is 40.3 Å². The van der Waals surface area contributed by atoms with E-state index >= 15 is 0 Å². The number of hydrogen-bond donors (Lipinski definition) is 0. The zero-order valence-corrected chi connectivity index (χ0v) is 23.6. The molecular formula is C34H24FN3O4S.